The van der Waals surface area contributed by atoms with E-state index in [1.807, 2.05) is 24.3 Å². The third-order valence-electron chi connectivity index (χ3n) is 3.32. The Morgan fingerprint density at radius 3 is 2.86 bits per heavy atom. The first kappa shape index (κ1) is 13.2. The average Bonchev–Trinajstić information content (AvgIpc) is 3.01. The van der Waals surface area contributed by atoms with Crippen molar-refractivity contribution in [3.63, 3.8) is 0 Å². The Morgan fingerprint density at radius 2 is 2.00 bits per heavy atom. The van der Waals surface area contributed by atoms with Crippen molar-refractivity contribution in [1.82, 2.24) is 0 Å². The third kappa shape index (κ3) is 2.74. The molecule has 0 amide bonds. The van der Waals surface area contributed by atoms with Crippen LogP contribution < -0.4 is 5.32 Å². The van der Waals surface area contributed by atoms with Crippen LogP contribution in [-0.2, 0) is 11.3 Å². The lowest BCUT2D eigenvalue weighted by Crippen LogP contribution is -2.00. The monoisotopic (exact) mass is 281 g/mol. The maximum Gasteiger partial charge on any atom is 0.341 e. The molecule has 2 aromatic carbocycles. The van der Waals surface area contributed by atoms with Gasteiger partial charge in [0.1, 0.15) is 12.0 Å². The molecule has 3 rings (SSSR count). The Bertz CT molecular complexity index is 771. The number of methoxy groups -OCH3 is 1. The molecule has 4 nitrogen and oxygen atoms in total. The molecule has 1 heterocycles. The normalized spacial score (nSPS) is 10.5. The van der Waals surface area contributed by atoms with E-state index in [1.54, 1.807) is 6.07 Å². The molecule has 106 valence electrons. The molecule has 0 bridgehead atoms. The number of rotatable bonds is 4. The maximum absolute atomic E-state index is 11.4. The number of ether oxygens (including phenoxy) is 1. The fraction of sp³-hybridized carbons (Fsp3) is 0.118. The summed E-state index contributed by atoms with van der Waals surface area (Å²) in [5.41, 5.74) is 1.45. The summed E-state index contributed by atoms with van der Waals surface area (Å²) in [4.78, 5) is 11.4. The number of fused-ring (bicyclic) bond motifs is 1. The van der Waals surface area contributed by atoms with Crippen LogP contribution in [0.2, 0.25) is 0 Å². The minimum Gasteiger partial charge on any atom is -0.467 e. The first-order valence-corrected chi connectivity index (χ1v) is 6.65. The number of furan rings is 1. The summed E-state index contributed by atoms with van der Waals surface area (Å²) in [6.07, 6.45) is 1.41. The maximum atomic E-state index is 11.4. The van der Waals surface area contributed by atoms with Gasteiger partial charge in [0.25, 0.3) is 0 Å². The summed E-state index contributed by atoms with van der Waals surface area (Å²) < 4.78 is 10.0. The van der Waals surface area contributed by atoms with Crippen LogP contribution in [0.4, 0.5) is 5.69 Å². The summed E-state index contributed by atoms with van der Waals surface area (Å²) in [5, 5.41) is 5.66. The molecule has 1 N–H and O–H groups in total. The molecule has 21 heavy (non-hydrogen) atoms. The van der Waals surface area contributed by atoms with Gasteiger partial charge in [0.05, 0.1) is 19.2 Å². The van der Waals surface area contributed by atoms with Crippen LogP contribution in [0, 0.1) is 0 Å². The minimum absolute atomic E-state index is 0.393. The second kappa shape index (κ2) is 5.71. The summed E-state index contributed by atoms with van der Waals surface area (Å²) >= 11 is 0. The molecule has 0 fully saturated rings. The van der Waals surface area contributed by atoms with Crippen LogP contribution in [0.3, 0.4) is 0 Å². The van der Waals surface area contributed by atoms with Crippen LogP contribution >= 0.6 is 0 Å². The van der Waals surface area contributed by atoms with Crippen molar-refractivity contribution >= 4 is 22.4 Å². The number of esters is 1. The van der Waals surface area contributed by atoms with E-state index in [1.165, 1.54) is 18.8 Å². The number of carbonyl (C=O) groups excluding carboxylic acids is 1. The summed E-state index contributed by atoms with van der Waals surface area (Å²) in [7, 11) is 1.35. The van der Waals surface area contributed by atoms with Crippen molar-refractivity contribution < 1.29 is 13.9 Å². The molecule has 0 saturated heterocycles. The Kier molecular flexibility index (Phi) is 3.60. The number of hydrogen-bond donors (Lipinski definition) is 1. The zero-order valence-corrected chi connectivity index (χ0v) is 11.6. The standard InChI is InChI=1S/C17H15NO3/c1-20-17(19)13-9-14(21-11-13)10-18-16-8-4-6-12-5-2-3-7-15(12)16/h2-9,11,18H,10H2,1H3. The zero-order chi connectivity index (χ0) is 14.7. The van der Waals surface area contributed by atoms with Gasteiger partial charge in [-0.1, -0.05) is 36.4 Å². The minimum atomic E-state index is -0.393. The van der Waals surface area contributed by atoms with Gasteiger partial charge in [0, 0.05) is 11.1 Å². The number of carbonyl (C=O) groups is 1. The first-order valence-electron chi connectivity index (χ1n) is 6.65. The second-order valence-electron chi connectivity index (χ2n) is 4.67. The van der Waals surface area contributed by atoms with Gasteiger partial charge in [0.15, 0.2) is 0 Å². The van der Waals surface area contributed by atoms with E-state index >= 15 is 0 Å². The first-order chi connectivity index (χ1) is 10.3. The lowest BCUT2D eigenvalue weighted by atomic mass is 10.1. The molecule has 0 atom stereocenters. The number of anilines is 1. The van der Waals surface area contributed by atoms with Gasteiger partial charge in [-0.2, -0.15) is 0 Å². The fourth-order valence-corrected chi connectivity index (χ4v) is 2.26. The third-order valence-corrected chi connectivity index (χ3v) is 3.32. The molecule has 4 heteroatoms. The van der Waals surface area contributed by atoms with E-state index < -0.39 is 5.97 Å². The van der Waals surface area contributed by atoms with E-state index in [0.717, 1.165) is 11.1 Å². The predicted molar refractivity (Wildman–Crippen MR) is 81.3 cm³/mol. The highest BCUT2D eigenvalue weighted by molar-refractivity contribution is 5.93. The van der Waals surface area contributed by atoms with Crippen molar-refractivity contribution in [2.24, 2.45) is 0 Å². The van der Waals surface area contributed by atoms with Crippen molar-refractivity contribution in [2.45, 2.75) is 6.54 Å². The molecular weight excluding hydrogens is 266 g/mol. The molecule has 0 radical (unpaired) electrons. The lowest BCUT2D eigenvalue weighted by molar-refractivity contribution is 0.0600. The highest BCUT2D eigenvalue weighted by Crippen LogP contribution is 2.23. The molecule has 1 aromatic heterocycles. The SMILES string of the molecule is COC(=O)c1coc(CNc2cccc3ccccc23)c1. The zero-order valence-electron chi connectivity index (χ0n) is 11.6. The summed E-state index contributed by atoms with van der Waals surface area (Å²) in [5.74, 6) is 0.290. The van der Waals surface area contributed by atoms with Crippen molar-refractivity contribution in [1.29, 1.82) is 0 Å². The second-order valence-corrected chi connectivity index (χ2v) is 4.67. The van der Waals surface area contributed by atoms with E-state index in [0.29, 0.717) is 17.9 Å². The highest BCUT2D eigenvalue weighted by Gasteiger charge is 2.10. The largest absolute Gasteiger partial charge is 0.467 e. The summed E-state index contributed by atoms with van der Waals surface area (Å²) in [6, 6.07) is 15.9. The van der Waals surface area contributed by atoms with E-state index in [4.69, 9.17) is 4.42 Å². The Morgan fingerprint density at radius 1 is 1.19 bits per heavy atom. The van der Waals surface area contributed by atoms with Gasteiger partial charge in [0.2, 0.25) is 0 Å². The van der Waals surface area contributed by atoms with Crippen molar-refractivity contribution in [3.05, 3.63) is 66.1 Å². The molecule has 3 aromatic rings. The van der Waals surface area contributed by atoms with E-state index in [9.17, 15) is 4.79 Å². The van der Waals surface area contributed by atoms with E-state index in [-0.39, 0.29) is 0 Å². The molecular formula is C17H15NO3. The number of hydrogen-bond acceptors (Lipinski definition) is 4. The average molecular weight is 281 g/mol. The molecule has 0 saturated carbocycles. The number of nitrogens with one attached hydrogen (secondary N) is 1. The van der Waals surface area contributed by atoms with Crippen LogP contribution in [0.5, 0.6) is 0 Å². The Labute approximate surface area is 122 Å². The Balaban J connectivity index is 1.77. The van der Waals surface area contributed by atoms with Crippen molar-refractivity contribution in [3.8, 4) is 0 Å². The predicted octanol–water partition coefficient (Wildman–Crippen LogP) is 3.83. The van der Waals surface area contributed by atoms with Gasteiger partial charge in [-0.3, -0.25) is 0 Å². The highest BCUT2D eigenvalue weighted by atomic mass is 16.5. The molecule has 0 aliphatic rings. The quantitative estimate of drug-likeness (QED) is 0.738. The van der Waals surface area contributed by atoms with Gasteiger partial charge in [-0.05, 0) is 17.5 Å². The Hall–Kier alpha value is -2.75. The molecule has 0 unspecified atom stereocenters. The van der Waals surface area contributed by atoms with E-state index in [2.05, 4.69) is 28.3 Å². The van der Waals surface area contributed by atoms with Crippen LogP contribution in [0.15, 0.2) is 59.2 Å². The van der Waals surface area contributed by atoms with Crippen molar-refractivity contribution in [2.75, 3.05) is 12.4 Å². The topological polar surface area (TPSA) is 51.5 Å². The molecule has 0 aliphatic heterocycles. The van der Waals surface area contributed by atoms with Gasteiger partial charge < -0.3 is 14.5 Å². The van der Waals surface area contributed by atoms with Crippen LogP contribution in [0.25, 0.3) is 10.8 Å². The molecule has 0 aliphatic carbocycles. The van der Waals surface area contributed by atoms with Crippen LogP contribution in [0.1, 0.15) is 16.1 Å². The fourth-order valence-electron chi connectivity index (χ4n) is 2.26. The van der Waals surface area contributed by atoms with Gasteiger partial charge in [-0.25, -0.2) is 4.79 Å². The molecule has 0 spiro atoms. The number of benzene rings is 2. The van der Waals surface area contributed by atoms with Gasteiger partial charge >= 0.3 is 5.97 Å². The lowest BCUT2D eigenvalue weighted by Gasteiger charge is -2.08. The smallest absolute Gasteiger partial charge is 0.341 e. The van der Waals surface area contributed by atoms with Gasteiger partial charge in [-0.15, -0.1) is 0 Å². The van der Waals surface area contributed by atoms with Crippen LogP contribution in [-0.4, -0.2) is 13.1 Å². The summed E-state index contributed by atoms with van der Waals surface area (Å²) in [6.45, 7) is 0.505.